The van der Waals surface area contributed by atoms with E-state index in [9.17, 15) is 5.11 Å². The molecule has 0 heterocycles. The van der Waals surface area contributed by atoms with Crippen LogP contribution in [0.5, 0.6) is 5.75 Å². The van der Waals surface area contributed by atoms with Crippen LogP contribution in [-0.2, 0) is 6.42 Å². The van der Waals surface area contributed by atoms with Crippen molar-refractivity contribution in [1.82, 2.24) is 0 Å². The van der Waals surface area contributed by atoms with Gasteiger partial charge in [-0.3, -0.25) is 0 Å². The van der Waals surface area contributed by atoms with E-state index in [4.69, 9.17) is 0 Å². The lowest BCUT2D eigenvalue weighted by atomic mass is 10.0. The van der Waals surface area contributed by atoms with E-state index in [1.807, 2.05) is 12.1 Å². The topological polar surface area (TPSA) is 20.2 Å². The van der Waals surface area contributed by atoms with Crippen molar-refractivity contribution in [2.24, 2.45) is 5.92 Å². The van der Waals surface area contributed by atoms with Gasteiger partial charge in [0.05, 0.1) is 4.47 Å². The minimum absolute atomic E-state index is 0. The molecular formula is C10H14Br2O. The summed E-state index contributed by atoms with van der Waals surface area (Å²) >= 11 is 3.29. The Morgan fingerprint density at radius 1 is 1.38 bits per heavy atom. The third-order valence-electron chi connectivity index (χ3n) is 1.66. The highest BCUT2D eigenvalue weighted by atomic mass is 79.9. The van der Waals surface area contributed by atoms with Crippen molar-refractivity contribution in [3.8, 4) is 5.75 Å². The van der Waals surface area contributed by atoms with E-state index in [0.717, 1.165) is 10.9 Å². The lowest BCUT2D eigenvalue weighted by Crippen LogP contribution is -1.93. The smallest absolute Gasteiger partial charge is 0.129 e. The van der Waals surface area contributed by atoms with Crippen molar-refractivity contribution in [3.05, 3.63) is 28.2 Å². The summed E-state index contributed by atoms with van der Waals surface area (Å²) in [6.07, 6.45) is 1.05. The van der Waals surface area contributed by atoms with Gasteiger partial charge in [-0.2, -0.15) is 0 Å². The molecule has 1 rings (SSSR count). The van der Waals surface area contributed by atoms with Crippen molar-refractivity contribution in [3.63, 3.8) is 0 Å². The fraction of sp³-hybridized carbons (Fsp3) is 0.400. The predicted octanol–water partition coefficient (Wildman–Crippen LogP) is 3.93. The Bertz CT molecular complexity index is 272. The van der Waals surface area contributed by atoms with Gasteiger partial charge in [0.2, 0.25) is 0 Å². The zero-order valence-electron chi connectivity index (χ0n) is 7.75. The third kappa shape index (κ3) is 4.14. The molecule has 1 nitrogen and oxygen atoms in total. The second-order valence-electron chi connectivity index (χ2n) is 3.38. The van der Waals surface area contributed by atoms with E-state index in [1.54, 1.807) is 6.07 Å². The first kappa shape index (κ1) is 13.0. The molecule has 0 aromatic heterocycles. The van der Waals surface area contributed by atoms with Crippen LogP contribution in [0.2, 0.25) is 0 Å². The Labute approximate surface area is 98.1 Å². The van der Waals surface area contributed by atoms with Crippen LogP contribution in [0.15, 0.2) is 22.7 Å². The van der Waals surface area contributed by atoms with E-state index in [-0.39, 0.29) is 17.0 Å². The summed E-state index contributed by atoms with van der Waals surface area (Å²) < 4.78 is 0.778. The normalized spacial score (nSPS) is 9.85. The SMILES string of the molecule is Br.CC(C)Cc1ccc(O)c(Br)c1. The molecule has 0 spiro atoms. The number of hydrogen-bond donors (Lipinski definition) is 1. The van der Waals surface area contributed by atoms with Crippen LogP contribution >= 0.6 is 32.9 Å². The van der Waals surface area contributed by atoms with Gasteiger partial charge in [-0.05, 0) is 46.0 Å². The number of rotatable bonds is 2. The van der Waals surface area contributed by atoms with Gasteiger partial charge < -0.3 is 5.11 Å². The molecule has 0 fully saturated rings. The first-order chi connectivity index (χ1) is 5.59. The Morgan fingerprint density at radius 2 is 2.00 bits per heavy atom. The molecule has 0 aliphatic carbocycles. The van der Waals surface area contributed by atoms with Gasteiger partial charge in [-0.25, -0.2) is 0 Å². The van der Waals surface area contributed by atoms with Crippen LogP contribution in [-0.4, -0.2) is 5.11 Å². The molecule has 0 unspecified atom stereocenters. The predicted molar refractivity (Wildman–Crippen MR) is 64.7 cm³/mol. The molecule has 0 saturated heterocycles. The molecule has 0 bridgehead atoms. The highest BCUT2D eigenvalue weighted by molar-refractivity contribution is 9.10. The fourth-order valence-electron chi connectivity index (χ4n) is 1.15. The van der Waals surface area contributed by atoms with Crippen LogP contribution in [0.3, 0.4) is 0 Å². The molecule has 0 aliphatic rings. The van der Waals surface area contributed by atoms with Crippen LogP contribution in [0.4, 0.5) is 0 Å². The Balaban J connectivity index is 0.00000144. The van der Waals surface area contributed by atoms with Gasteiger partial charge in [0.25, 0.3) is 0 Å². The molecule has 1 aromatic carbocycles. The molecule has 13 heavy (non-hydrogen) atoms. The van der Waals surface area contributed by atoms with Crippen LogP contribution in [0.1, 0.15) is 19.4 Å². The van der Waals surface area contributed by atoms with E-state index in [0.29, 0.717) is 11.7 Å². The first-order valence-corrected chi connectivity index (χ1v) is 4.86. The molecule has 0 saturated carbocycles. The zero-order valence-corrected chi connectivity index (χ0v) is 11.0. The average Bonchev–Trinajstić information content (AvgIpc) is 1.96. The molecule has 3 heteroatoms. The van der Waals surface area contributed by atoms with Gasteiger partial charge in [0, 0.05) is 0 Å². The molecule has 0 aliphatic heterocycles. The second-order valence-corrected chi connectivity index (χ2v) is 4.24. The lowest BCUT2D eigenvalue weighted by molar-refractivity contribution is 0.471. The van der Waals surface area contributed by atoms with Gasteiger partial charge in [-0.15, -0.1) is 17.0 Å². The lowest BCUT2D eigenvalue weighted by Gasteiger charge is -2.05. The highest BCUT2D eigenvalue weighted by Gasteiger charge is 2.01. The maximum atomic E-state index is 9.23. The number of benzene rings is 1. The molecular weight excluding hydrogens is 296 g/mol. The standard InChI is InChI=1S/C10H13BrO.BrH/c1-7(2)5-8-3-4-10(12)9(11)6-8;/h3-4,6-7,12H,5H2,1-2H3;1H. The summed E-state index contributed by atoms with van der Waals surface area (Å²) in [5, 5.41) is 9.23. The third-order valence-corrected chi connectivity index (χ3v) is 2.29. The number of hydrogen-bond acceptors (Lipinski definition) is 1. The minimum atomic E-state index is 0. The average molecular weight is 310 g/mol. The summed E-state index contributed by atoms with van der Waals surface area (Å²) in [6.45, 7) is 4.36. The van der Waals surface area contributed by atoms with E-state index in [2.05, 4.69) is 29.8 Å². The van der Waals surface area contributed by atoms with Crippen LogP contribution in [0.25, 0.3) is 0 Å². The Hall–Kier alpha value is -0.0200. The maximum Gasteiger partial charge on any atom is 0.129 e. The van der Waals surface area contributed by atoms with E-state index >= 15 is 0 Å². The molecule has 0 radical (unpaired) electrons. The molecule has 1 N–H and O–H groups in total. The van der Waals surface area contributed by atoms with Crippen molar-refractivity contribution < 1.29 is 5.11 Å². The summed E-state index contributed by atoms with van der Waals surface area (Å²) in [5.74, 6) is 0.962. The molecule has 1 aromatic rings. The number of phenolic OH excluding ortho intramolecular Hbond substituents is 1. The number of aromatic hydroxyl groups is 1. The molecule has 0 amide bonds. The van der Waals surface area contributed by atoms with Gasteiger partial charge in [-0.1, -0.05) is 19.9 Å². The summed E-state index contributed by atoms with van der Waals surface area (Å²) in [4.78, 5) is 0. The van der Waals surface area contributed by atoms with Gasteiger partial charge in [0.1, 0.15) is 5.75 Å². The maximum absolute atomic E-state index is 9.23. The van der Waals surface area contributed by atoms with Gasteiger partial charge in [0.15, 0.2) is 0 Å². The second kappa shape index (κ2) is 5.66. The Kier molecular flexibility index (Phi) is 5.65. The summed E-state index contributed by atoms with van der Waals surface area (Å²) in [6, 6.07) is 5.65. The number of phenols is 1. The highest BCUT2D eigenvalue weighted by Crippen LogP contribution is 2.25. The van der Waals surface area contributed by atoms with Crippen molar-refractivity contribution >= 4 is 32.9 Å². The summed E-state index contributed by atoms with van der Waals surface area (Å²) in [5.41, 5.74) is 1.26. The quantitative estimate of drug-likeness (QED) is 0.877. The first-order valence-electron chi connectivity index (χ1n) is 4.07. The van der Waals surface area contributed by atoms with Gasteiger partial charge >= 0.3 is 0 Å². The van der Waals surface area contributed by atoms with Crippen molar-refractivity contribution in [1.29, 1.82) is 0 Å². The number of halogens is 2. The Morgan fingerprint density at radius 3 is 2.46 bits per heavy atom. The zero-order chi connectivity index (χ0) is 9.14. The van der Waals surface area contributed by atoms with Crippen LogP contribution in [0, 0.1) is 5.92 Å². The summed E-state index contributed by atoms with van der Waals surface area (Å²) in [7, 11) is 0. The monoisotopic (exact) mass is 308 g/mol. The van der Waals surface area contributed by atoms with Crippen molar-refractivity contribution in [2.45, 2.75) is 20.3 Å². The van der Waals surface area contributed by atoms with Crippen molar-refractivity contribution in [2.75, 3.05) is 0 Å². The fourth-order valence-corrected chi connectivity index (χ4v) is 1.57. The van der Waals surface area contributed by atoms with E-state index in [1.165, 1.54) is 5.56 Å². The minimum Gasteiger partial charge on any atom is -0.507 e. The molecule has 0 atom stereocenters. The molecule has 74 valence electrons. The largest absolute Gasteiger partial charge is 0.507 e. The van der Waals surface area contributed by atoms with E-state index < -0.39 is 0 Å². The van der Waals surface area contributed by atoms with Crippen LogP contribution < -0.4 is 0 Å².